The molecule has 0 radical (unpaired) electrons. The molecule has 0 saturated heterocycles. The highest BCUT2D eigenvalue weighted by Gasteiger charge is 2.50. The number of nitrogens with zero attached hydrogens (tertiary/aromatic N) is 2. The van der Waals surface area contributed by atoms with Crippen LogP contribution in [0, 0.1) is 6.92 Å². The van der Waals surface area contributed by atoms with Crippen molar-refractivity contribution in [2.24, 2.45) is 0 Å². The van der Waals surface area contributed by atoms with E-state index < -0.39 is 0 Å². The molecule has 4 aliphatic carbocycles. The van der Waals surface area contributed by atoms with E-state index in [9.17, 15) is 0 Å². The van der Waals surface area contributed by atoms with E-state index in [0.717, 1.165) is 6.42 Å². The van der Waals surface area contributed by atoms with Gasteiger partial charge in [-0.25, -0.2) is 0 Å². The molecule has 79 heavy (non-hydrogen) atoms. The van der Waals surface area contributed by atoms with Gasteiger partial charge in [-0.3, -0.25) is 0 Å². The van der Waals surface area contributed by atoms with Crippen molar-refractivity contribution in [3.05, 3.63) is 159 Å². The Hall–Kier alpha value is -5.58. The average molecular weight is 1060 g/mol. The van der Waals surface area contributed by atoms with Crippen LogP contribution < -0.4 is 25.5 Å². The van der Waals surface area contributed by atoms with Crippen LogP contribution in [0.15, 0.2) is 109 Å². The zero-order valence-corrected chi connectivity index (χ0v) is 51.7. The van der Waals surface area contributed by atoms with Gasteiger partial charge in [-0.2, -0.15) is 0 Å². The molecule has 7 aromatic carbocycles. The largest absolute Gasteiger partial charge is 0.311 e. The van der Waals surface area contributed by atoms with Gasteiger partial charge in [0, 0.05) is 43.2 Å². The van der Waals surface area contributed by atoms with Gasteiger partial charge < -0.3 is 9.80 Å². The quantitative estimate of drug-likeness (QED) is 0.163. The van der Waals surface area contributed by atoms with E-state index in [1.54, 1.807) is 5.56 Å². The van der Waals surface area contributed by atoms with E-state index in [-0.39, 0.29) is 50.0 Å². The Morgan fingerprint density at radius 1 is 0.380 bits per heavy atom. The SMILES string of the molecule is Cc1cc2c3c(c1)N(c1ccc4c(c1)C(C)(C)CCC4(C)C)c1c(sc4cc5c(cc14)C(C)(C)CCC5(C)C)B3c1cc3c(cc1N2c1cc2c(cc1-c1cccc4ccccc14)C(C)(C)CCC2(C)C)C(C)(C)CCC3(C)C. The molecule has 14 rings (SSSR count). The van der Waals surface area contributed by atoms with Gasteiger partial charge in [0.1, 0.15) is 0 Å². The number of anilines is 6. The first kappa shape index (κ1) is 51.6. The van der Waals surface area contributed by atoms with Gasteiger partial charge in [0.25, 0.3) is 6.71 Å². The summed E-state index contributed by atoms with van der Waals surface area (Å²) in [5.74, 6) is 0. The molecule has 2 nitrogen and oxygen atoms in total. The topological polar surface area (TPSA) is 6.48 Å². The second kappa shape index (κ2) is 16.3. The number of hydrogen-bond donors (Lipinski definition) is 0. The Labute approximate surface area is 478 Å². The molecule has 0 spiro atoms. The molecule has 0 unspecified atom stereocenters. The second-order valence-corrected chi connectivity index (χ2v) is 32.3. The molecule has 404 valence electrons. The van der Waals surface area contributed by atoms with Crippen molar-refractivity contribution in [1.29, 1.82) is 0 Å². The fourth-order valence-corrected chi connectivity index (χ4v) is 17.8. The molecule has 0 amide bonds. The van der Waals surface area contributed by atoms with Crippen molar-refractivity contribution in [2.75, 3.05) is 9.80 Å². The van der Waals surface area contributed by atoms with Crippen LogP contribution in [0.25, 0.3) is 32.0 Å². The Morgan fingerprint density at radius 3 is 1.44 bits per heavy atom. The highest BCUT2D eigenvalue weighted by molar-refractivity contribution is 7.33. The molecular weight excluding hydrogens is 972 g/mol. The van der Waals surface area contributed by atoms with Gasteiger partial charge >= 0.3 is 0 Å². The molecule has 2 aliphatic heterocycles. The fraction of sp³-hybridized carbons (Fsp3) is 0.440. The zero-order valence-electron chi connectivity index (χ0n) is 50.9. The molecule has 3 heterocycles. The lowest BCUT2D eigenvalue weighted by molar-refractivity contribution is 0.332. The summed E-state index contributed by atoms with van der Waals surface area (Å²) >= 11 is 2.10. The maximum Gasteiger partial charge on any atom is 0.264 e. The lowest BCUT2D eigenvalue weighted by atomic mass is 9.35. The van der Waals surface area contributed by atoms with Crippen molar-refractivity contribution in [1.82, 2.24) is 0 Å². The number of thiophene rings is 1. The summed E-state index contributed by atoms with van der Waals surface area (Å²) in [6, 6.07) is 45.2. The molecule has 8 aromatic rings. The van der Waals surface area contributed by atoms with E-state index in [0.29, 0.717) is 0 Å². The third-order valence-corrected chi connectivity index (χ3v) is 23.3. The normalized spacial score (nSPS) is 21.6. The van der Waals surface area contributed by atoms with Crippen LogP contribution in [-0.4, -0.2) is 6.71 Å². The third kappa shape index (κ3) is 7.39. The molecule has 4 heteroatoms. The summed E-state index contributed by atoms with van der Waals surface area (Å²) in [6.45, 7) is 42.5. The van der Waals surface area contributed by atoms with Gasteiger partial charge in [-0.1, -0.05) is 165 Å². The maximum absolute atomic E-state index is 2.82. The van der Waals surface area contributed by atoms with Crippen LogP contribution in [0.1, 0.15) is 212 Å². The van der Waals surface area contributed by atoms with Gasteiger partial charge in [0.05, 0.1) is 11.4 Å². The lowest BCUT2D eigenvalue weighted by Crippen LogP contribution is -2.61. The van der Waals surface area contributed by atoms with E-state index >= 15 is 0 Å². The van der Waals surface area contributed by atoms with Crippen molar-refractivity contribution in [2.45, 2.75) is 212 Å². The molecular formula is C75H85BN2S. The minimum Gasteiger partial charge on any atom is -0.311 e. The minimum absolute atomic E-state index is 0.00576. The van der Waals surface area contributed by atoms with Crippen LogP contribution in [0.2, 0.25) is 0 Å². The highest BCUT2D eigenvalue weighted by Crippen LogP contribution is 2.58. The number of aryl methyl sites for hydroxylation is 1. The van der Waals surface area contributed by atoms with Gasteiger partial charge in [0.15, 0.2) is 0 Å². The van der Waals surface area contributed by atoms with E-state index in [4.69, 9.17) is 0 Å². The van der Waals surface area contributed by atoms with E-state index in [2.05, 4.69) is 248 Å². The van der Waals surface area contributed by atoms with Crippen molar-refractivity contribution >= 4 is 88.7 Å². The van der Waals surface area contributed by atoms with Crippen LogP contribution >= 0.6 is 11.3 Å². The molecule has 0 fully saturated rings. The number of hydrogen-bond acceptors (Lipinski definition) is 3. The van der Waals surface area contributed by atoms with E-state index in [1.165, 1.54) is 171 Å². The van der Waals surface area contributed by atoms with Gasteiger partial charge in [-0.15, -0.1) is 11.3 Å². The second-order valence-electron chi connectivity index (χ2n) is 31.2. The van der Waals surface area contributed by atoms with Crippen molar-refractivity contribution in [3.8, 4) is 11.1 Å². The summed E-state index contributed by atoms with van der Waals surface area (Å²) in [6.07, 6.45) is 9.44. The molecule has 0 bridgehead atoms. The maximum atomic E-state index is 2.82. The third-order valence-electron chi connectivity index (χ3n) is 22.1. The first-order valence-electron chi connectivity index (χ1n) is 30.4. The Morgan fingerprint density at radius 2 is 0.848 bits per heavy atom. The van der Waals surface area contributed by atoms with Crippen molar-refractivity contribution in [3.63, 3.8) is 0 Å². The summed E-state index contributed by atoms with van der Waals surface area (Å²) in [7, 11) is 0. The van der Waals surface area contributed by atoms with Crippen LogP contribution in [0.5, 0.6) is 0 Å². The summed E-state index contributed by atoms with van der Waals surface area (Å²) in [4.78, 5) is 5.62. The molecule has 0 saturated carbocycles. The highest BCUT2D eigenvalue weighted by atomic mass is 32.1. The van der Waals surface area contributed by atoms with Gasteiger partial charge in [-0.05, 0) is 234 Å². The van der Waals surface area contributed by atoms with Crippen LogP contribution in [0.3, 0.4) is 0 Å². The smallest absolute Gasteiger partial charge is 0.264 e. The summed E-state index contributed by atoms with van der Waals surface area (Å²) in [5, 5.41) is 4.01. The molecule has 0 atom stereocenters. The molecule has 1 aromatic heterocycles. The summed E-state index contributed by atoms with van der Waals surface area (Å²) in [5.41, 5.74) is 27.4. The monoisotopic (exact) mass is 1060 g/mol. The Balaban J connectivity index is 1.15. The first-order valence-corrected chi connectivity index (χ1v) is 31.2. The standard InChI is InChI=1S/C75H85BN2S/c1-44-35-62-65-63(36-44)78(60-41-56-53(70(6,7)29-32-73(56,12)13)38-49(60)48-24-20-22-45-21-18-19-23-47(45)48)61-42-57-55(72(10,11)31-33-74(57,14)15)40-59(61)76(65)67-66(50-39-54-58(43-64(50)79-67)75(16,17)34-30-71(54,8)9)77(62)46-25-26-51-52(37-46)69(4,5)28-27-68(51,2)3/h18-26,35-43H,27-34H2,1-17H3. The van der Waals surface area contributed by atoms with Crippen LogP contribution in [-0.2, 0) is 43.3 Å². The van der Waals surface area contributed by atoms with Crippen LogP contribution in [0.4, 0.5) is 34.1 Å². The predicted octanol–water partition coefficient (Wildman–Crippen LogP) is 19.5. The zero-order chi connectivity index (χ0) is 55.7. The number of fused-ring (bicyclic) bond motifs is 11. The molecule has 0 N–H and O–H groups in total. The predicted molar refractivity (Wildman–Crippen MR) is 345 cm³/mol. The fourth-order valence-electron chi connectivity index (χ4n) is 16.4. The lowest BCUT2D eigenvalue weighted by Gasteiger charge is -2.48. The average Bonchev–Trinajstić information content (AvgIpc) is 2.76. The van der Waals surface area contributed by atoms with Crippen molar-refractivity contribution < 1.29 is 0 Å². The van der Waals surface area contributed by atoms with E-state index in [1.807, 2.05) is 0 Å². The first-order chi connectivity index (χ1) is 37.0. The Kier molecular flexibility index (Phi) is 10.7. The summed E-state index contributed by atoms with van der Waals surface area (Å²) < 4.78 is 2.91. The van der Waals surface area contributed by atoms with Gasteiger partial charge in [0.2, 0.25) is 0 Å². The number of rotatable bonds is 3. The Bertz CT molecular complexity index is 3950. The minimum atomic E-state index is 0.00576. The number of benzene rings is 7. The molecule has 6 aliphatic rings.